The number of aromatic nitrogens is 2. The number of fused-ring (bicyclic) bond motifs is 1. The Bertz CT molecular complexity index is 841. The maximum Gasteiger partial charge on any atom is 0.249 e. The number of anilines is 1. The Balaban J connectivity index is 2.02. The van der Waals surface area contributed by atoms with Crippen molar-refractivity contribution in [1.82, 2.24) is 9.97 Å². The molecule has 3 rings (SSSR count). The van der Waals surface area contributed by atoms with Crippen LogP contribution in [0, 0.1) is 6.92 Å². The van der Waals surface area contributed by atoms with Crippen LogP contribution in [0.2, 0.25) is 0 Å². The Labute approximate surface area is 125 Å². The summed E-state index contributed by atoms with van der Waals surface area (Å²) in [5.41, 5.74) is 15.2. The molecule has 1 heterocycles. The summed E-state index contributed by atoms with van der Waals surface area (Å²) in [6.45, 7) is 2.02. The first kappa shape index (κ1) is 13.5. The van der Waals surface area contributed by atoms with Crippen molar-refractivity contribution in [2.45, 2.75) is 17.0 Å². The highest BCUT2D eigenvalue weighted by Gasteiger charge is 2.12. The van der Waals surface area contributed by atoms with Crippen molar-refractivity contribution in [1.29, 1.82) is 0 Å². The van der Waals surface area contributed by atoms with E-state index in [1.54, 1.807) is 18.2 Å². The molecule has 0 aliphatic carbocycles. The minimum absolute atomic E-state index is 0.436. The van der Waals surface area contributed by atoms with Crippen molar-refractivity contribution in [2.75, 3.05) is 5.73 Å². The van der Waals surface area contributed by atoms with E-state index >= 15 is 0 Å². The smallest absolute Gasteiger partial charge is 0.249 e. The quantitative estimate of drug-likeness (QED) is 0.647. The highest BCUT2D eigenvalue weighted by Crippen LogP contribution is 2.31. The Morgan fingerprint density at radius 1 is 1.24 bits per heavy atom. The highest BCUT2D eigenvalue weighted by molar-refractivity contribution is 7.99. The van der Waals surface area contributed by atoms with E-state index < -0.39 is 5.91 Å². The maximum absolute atomic E-state index is 11.5. The number of nitrogens with two attached hydrogens (primary N) is 2. The van der Waals surface area contributed by atoms with Gasteiger partial charge >= 0.3 is 0 Å². The van der Waals surface area contributed by atoms with Crippen LogP contribution in [0.5, 0.6) is 0 Å². The van der Waals surface area contributed by atoms with Gasteiger partial charge in [-0.3, -0.25) is 4.79 Å². The number of nitrogen functional groups attached to an aromatic ring is 1. The second kappa shape index (κ2) is 5.14. The van der Waals surface area contributed by atoms with Gasteiger partial charge in [0.05, 0.1) is 16.6 Å². The third-order valence-electron chi connectivity index (χ3n) is 3.09. The summed E-state index contributed by atoms with van der Waals surface area (Å²) < 4.78 is 0. The molecule has 106 valence electrons. The van der Waals surface area contributed by atoms with Crippen LogP contribution in [0.25, 0.3) is 11.0 Å². The summed E-state index contributed by atoms with van der Waals surface area (Å²) >= 11 is 1.34. The number of aryl methyl sites for hydroxylation is 1. The first-order valence-corrected chi connectivity index (χ1v) is 7.18. The largest absolute Gasteiger partial charge is 0.399 e. The zero-order valence-corrected chi connectivity index (χ0v) is 12.2. The fraction of sp³-hybridized carbons (Fsp3) is 0.0667. The SMILES string of the molecule is Cc1ccc2nc(Sc3cc(N)ccc3C(N)=O)[nH]c2c1. The zero-order chi connectivity index (χ0) is 15.0. The Kier molecular flexibility index (Phi) is 3.31. The van der Waals surface area contributed by atoms with E-state index in [1.807, 2.05) is 25.1 Å². The molecule has 1 amide bonds. The fourth-order valence-corrected chi connectivity index (χ4v) is 3.07. The molecule has 0 saturated heterocycles. The lowest BCUT2D eigenvalue weighted by Crippen LogP contribution is -2.12. The van der Waals surface area contributed by atoms with Crippen LogP contribution in [-0.2, 0) is 0 Å². The van der Waals surface area contributed by atoms with E-state index in [9.17, 15) is 4.79 Å². The van der Waals surface area contributed by atoms with E-state index in [0.29, 0.717) is 21.3 Å². The van der Waals surface area contributed by atoms with Gasteiger partial charge in [-0.15, -0.1) is 0 Å². The van der Waals surface area contributed by atoms with Gasteiger partial charge in [-0.05, 0) is 42.8 Å². The van der Waals surface area contributed by atoms with E-state index in [1.165, 1.54) is 11.8 Å². The average molecular weight is 298 g/mol. The van der Waals surface area contributed by atoms with E-state index in [-0.39, 0.29) is 0 Å². The predicted octanol–water partition coefficient (Wildman–Crippen LogP) is 2.70. The first-order chi connectivity index (χ1) is 10.0. The second-order valence-corrected chi connectivity index (χ2v) is 5.82. The summed E-state index contributed by atoms with van der Waals surface area (Å²) in [5, 5.41) is 0.698. The standard InChI is InChI=1S/C15H14N4OS/c1-8-2-5-11-12(6-8)19-15(18-11)21-13-7-9(16)3-4-10(13)14(17)20/h2-7H,16H2,1H3,(H2,17,20)(H,18,19). The second-order valence-electron chi connectivity index (χ2n) is 4.78. The molecule has 6 heteroatoms. The lowest BCUT2D eigenvalue weighted by Gasteiger charge is -2.05. The molecule has 2 aromatic carbocycles. The number of amides is 1. The molecular weight excluding hydrogens is 284 g/mol. The molecule has 0 fully saturated rings. The normalized spacial score (nSPS) is 10.9. The van der Waals surface area contributed by atoms with Gasteiger partial charge in [0.15, 0.2) is 5.16 Å². The van der Waals surface area contributed by atoms with Gasteiger partial charge in [0.25, 0.3) is 0 Å². The molecule has 0 aliphatic heterocycles. The van der Waals surface area contributed by atoms with Crippen molar-refractivity contribution >= 4 is 34.4 Å². The molecule has 0 bridgehead atoms. The number of aromatic amines is 1. The molecule has 0 radical (unpaired) electrons. The lowest BCUT2D eigenvalue weighted by molar-refractivity contribution is 0.0997. The number of nitrogens with zero attached hydrogens (tertiary/aromatic N) is 1. The zero-order valence-electron chi connectivity index (χ0n) is 11.4. The van der Waals surface area contributed by atoms with Crippen LogP contribution < -0.4 is 11.5 Å². The summed E-state index contributed by atoms with van der Waals surface area (Å²) in [6.07, 6.45) is 0. The predicted molar refractivity (Wildman–Crippen MR) is 84.3 cm³/mol. The third kappa shape index (κ3) is 2.71. The molecule has 0 spiro atoms. The number of carbonyl (C=O) groups is 1. The van der Waals surface area contributed by atoms with Gasteiger partial charge in [0, 0.05) is 10.6 Å². The van der Waals surface area contributed by atoms with Crippen LogP contribution >= 0.6 is 11.8 Å². The molecule has 0 saturated carbocycles. The number of imidazole rings is 1. The number of hydrogen-bond donors (Lipinski definition) is 3. The maximum atomic E-state index is 11.5. The van der Waals surface area contributed by atoms with Gasteiger partial charge in [-0.25, -0.2) is 4.98 Å². The van der Waals surface area contributed by atoms with Gasteiger partial charge in [0.1, 0.15) is 0 Å². The Morgan fingerprint density at radius 3 is 2.81 bits per heavy atom. The van der Waals surface area contributed by atoms with E-state index in [0.717, 1.165) is 16.6 Å². The van der Waals surface area contributed by atoms with Crippen LogP contribution in [-0.4, -0.2) is 15.9 Å². The summed E-state index contributed by atoms with van der Waals surface area (Å²) in [4.78, 5) is 19.9. The molecular formula is C15H14N4OS. The molecule has 0 aliphatic rings. The van der Waals surface area contributed by atoms with Crippen LogP contribution in [0.15, 0.2) is 46.5 Å². The minimum atomic E-state index is -0.482. The number of rotatable bonds is 3. The molecule has 5 N–H and O–H groups in total. The van der Waals surface area contributed by atoms with Crippen molar-refractivity contribution in [3.8, 4) is 0 Å². The lowest BCUT2D eigenvalue weighted by atomic mass is 10.2. The average Bonchev–Trinajstić information content (AvgIpc) is 2.79. The van der Waals surface area contributed by atoms with E-state index in [4.69, 9.17) is 11.5 Å². The Hall–Kier alpha value is -2.47. The number of nitrogens with one attached hydrogen (secondary N) is 1. The Morgan fingerprint density at radius 2 is 2.05 bits per heavy atom. The topological polar surface area (TPSA) is 97.8 Å². The van der Waals surface area contributed by atoms with Crippen LogP contribution in [0.4, 0.5) is 5.69 Å². The monoisotopic (exact) mass is 298 g/mol. The van der Waals surface area contributed by atoms with Gasteiger partial charge < -0.3 is 16.5 Å². The van der Waals surface area contributed by atoms with Crippen molar-refractivity contribution < 1.29 is 4.79 Å². The van der Waals surface area contributed by atoms with Crippen molar-refractivity contribution in [3.63, 3.8) is 0 Å². The highest BCUT2D eigenvalue weighted by atomic mass is 32.2. The molecule has 0 atom stereocenters. The number of primary amides is 1. The number of carbonyl (C=O) groups excluding carboxylic acids is 1. The van der Waals surface area contributed by atoms with Crippen molar-refractivity contribution in [2.24, 2.45) is 5.73 Å². The molecule has 5 nitrogen and oxygen atoms in total. The molecule has 3 aromatic rings. The fourth-order valence-electron chi connectivity index (χ4n) is 2.08. The number of H-pyrrole nitrogens is 1. The van der Waals surface area contributed by atoms with E-state index in [2.05, 4.69) is 9.97 Å². The first-order valence-electron chi connectivity index (χ1n) is 6.36. The number of hydrogen-bond acceptors (Lipinski definition) is 4. The number of benzene rings is 2. The van der Waals surface area contributed by atoms with Gasteiger partial charge in [-0.1, -0.05) is 17.8 Å². The summed E-state index contributed by atoms with van der Waals surface area (Å²) in [7, 11) is 0. The van der Waals surface area contributed by atoms with Crippen LogP contribution in [0.1, 0.15) is 15.9 Å². The minimum Gasteiger partial charge on any atom is -0.399 e. The third-order valence-corrected chi connectivity index (χ3v) is 4.04. The van der Waals surface area contributed by atoms with Gasteiger partial charge in [0.2, 0.25) is 5.91 Å². The molecule has 21 heavy (non-hydrogen) atoms. The molecule has 1 aromatic heterocycles. The summed E-state index contributed by atoms with van der Waals surface area (Å²) in [6, 6.07) is 11.0. The van der Waals surface area contributed by atoms with Gasteiger partial charge in [-0.2, -0.15) is 0 Å². The molecule has 0 unspecified atom stereocenters. The van der Waals surface area contributed by atoms with Crippen LogP contribution in [0.3, 0.4) is 0 Å². The summed E-state index contributed by atoms with van der Waals surface area (Å²) in [5.74, 6) is -0.482. The van der Waals surface area contributed by atoms with Crippen molar-refractivity contribution in [3.05, 3.63) is 47.5 Å².